The van der Waals surface area contributed by atoms with Gasteiger partial charge in [0, 0.05) is 30.5 Å². The van der Waals surface area contributed by atoms with Gasteiger partial charge in [0.15, 0.2) is 0 Å². The Bertz CT molecular complexity index is 1070. The Morgan fingerprint density at radius 1 is 1.06 bits per heavy atom. The lowest BCUT2D eigenvalue weighted by Gasteiger charge is -2.36. The predicted octanol–water partition coefficient (Wildman–Crippen LogP) is 4.63. The lowest BCUT2D eigenvalue weighted by atomic mass is 10.0. The van der Waals surface area contributed by atoms with E-state index in [9.17, 15) is 4.79 Å². The Balaban J connectivity index is 1.53. The molecule has 160 valence electrons. The van der Waals surface area contributed by atoms with Gasteiger partial charge in [-0.05, 0) is 69.7 Å². The van der Waals surface area contributed by atoms with Crippen molar-refractivity contribution < 1.29 is 9.53 Å². The smallest absolute Gasteiger partial charge is 0.257 e. The lowest BCUT2D eigenvalue weighted by Crippen LogP contribution is -2.45. The molecule has 31 heavy (non-hydrogen) atoms. The average Bonchev–Trinajstić information content (AvgIpc) is 2.75. The molecule has 0 saturated carbocycles. The van der Waals surface area contributed by atoms with E-state index in [2.05, 4.69) is 29.0 Å². The molecule has 4 rings (SSSR count). The summed E-state index contributed by atoms with van der Waals surface area (Å²) in [7, 11) is 0. The summed E-state index contributed by atoms with van der Waals surface area (Å²) in [5.41, 5.74) is 4.99. The van der Waals surface area contributed by atoms with Crippen molar-refractivity contribution in [2.24, 2.45) is 0 Å². The van der Waals surface area contributed by atoms with Crippen LogP contribution in [0.4, 0.5) is 11.5 Å². The number of benzene rings is 1. The molecule has 2 atom stereocenters. The van der Waals surface area contributed by atoms with Crippen LogP contribution in [0, 0.1) is 13.8 Å². The highest BCUT2D eigenvalue weighted by atomic mass is 16.5. The zero-order valence-corrected chi connectivity index (χ0v) is 18.4. The molecule has 6 nitrogen and oxygen atoms in total. The van der Waals surface area contributed by atoms with E-state index in [0.717, 1.165) is 41.4 Å². The molecule has 6 heteroatoms. The fourth-order valence-electron chi connectivity index (χ4n) is 4.03. The molecule has 2 unspecified atom stereocenters. The summed E-state index contributed by atoms with van der Waals surface area (Å²) in [5.74, 6) is 0.708. The number of carbonyl (C=O) groups is 1. The van der Waals surface area contributed by atoms with Gasteiger partial charge in [0.1, 0.15) is 5.82 Å². The molecular formula is C25H28N4O2. The lowest BCUT2D eigenvalue weighted by molar-refractivity contribution is -0.00547. The standard InChI is InChI=1S/C25H28N4O2/c1-16-8-9-20(13-22(16)23-7-5-6-12-26-23)28-25(30)21-10-11-24(27-19(21)4)29-14-17(2)31-18(3)15-29/h5-13,17-18H,14-15H2,1-4H3,(H,28,30). The van der Waals surface area contributed by atoms with E-state index in [1.807, 2.05) is 62.4 Å². The highest BCUT2D eigenvalue weighted by Crippen LogP contribution is 2.26. The van der Waals surface area contributed by atoms with Crippen LogP contribution in [0.3, 0.4) is 0 Å². The van der Waals surface area contributed by atoms with Crippen molar-refractivity contribution in [2.75, 3.05) is 23.3 Å². The van der Waals surface area contributed by atoms with E-state index >= 15 is 0 Å². The zero-order valence-electron chi connectivity index (χ0n) is 18.4. The molecule has 3 heterocycles. The number of amides is 1. The molecular weight excluding hydrogens is 388 g/mol. The molecule has 0 radical (unpaired) electrons. The second kappa shape index (κ2) is 8.86. The summed E-state index contributed by atoms with van der Waals surface area (Å²) in [5, 5.41) is 3.01. The van der Waals surface area contributed by atoms with E-state index in [1.54, 1.807) is 6.20 Å². The normalized spacial score (nSPS) is 18.6. The van der Waals surface area contributed by atoms with Crippen LogP contribution in [0.1, 0.15) is 35.5 Å². The van der Waals surface area contributed by atoms with Crippen LogP contribution in [0.25, 0.3) is 11.3 Å². The molecule has 1 aliphatic rings. The molecule has 0 bridgehead atoms. The second-order valence-electron chi connectivity index (χ2n) is 8.16. The summed E-state index contributed by atoms with van der Waals surface area (Å²) < 4.78 is 5.81. The van der Waals surface area contributed by atoms with Crippen molar-refractivity contribution in [1.82, 2.24) is 9.97 Å². The van der Waals surface area contributed by atoms with Gasteiger partial charge in [-0.2, -0.15) is 0 Å². The maximum Gasteiger partial charge on any atom is 0.257 e. The molecule has 1 saturated heterocycles. The first-order chi connectivity index (χ1) is 14.9. The molecule has 1 amide bonds. The monoisotopic (exact) mass is 416 g/mol. The third kappa shape index (κ3) is 4.75. The Morgan fingerprint density at radius 3 is 2.52 bits per heavy atom. The van der Waals surface area contributed by atoms with Gasteiger partial charge in [0.25, 0.3) is 5.91 Å². The number of hydrogen-bond acceptors (Lipinski definition) is 5. The molecule has 1 N–H and O–H groups in total. The van der Waals surface area contributed by atoms with Crippen LogP contribution in [0.15, 0.2) is 54.7 Å². The summed E-state index contributed by atoms with van der Waals surface area (Å²) in [6.07, 6.45) is 2.08. The van der Waals surface area contributed by atoms with E-state index in [0.29, 0.717) is 11.3 Å². The topological polar surface area (TPSA) is 67.4 Å². The fraction of sp³-hybridized carbons (Fsp3) is 0.320. The summed E-state index contributed by atoms with van der Waals surface area (Å²) >= 11 is 0. The van der Waals surface area contributed by atoms with Gasteiger partial charge >= 0.3 is 0 Å². The number of nitrogens with one attached hydrogen (secondary N) is 1. The number of carbonyl (C=O) groups excluding carboxylic acids is 1. The minimum Gasteiger partial charge on any atom is -0.372 e. The van der Waals surface area contributed by atoms with Gasteiger partial charge in [-0.15, -0.1) is 0 Å². The first-order valence-electron chi connectivity index (χ1n) is 10.6. The van der Waals surface area contributed by atoms with E-state index < -0.39 is 0 Å². The fourth-order valence-corrected chi connectivity index (χ4v) is 4.03. The Hall–Kier alpha value is -3.25. The first kappa shape index (κ1) is 21.0. The summed E-state index contributed by atoms with van der Waals surface area (Å²) in [6, 6.07) is 15.5. The minimum atomic E-state index is -0.170. The van der Waals surface area contributed by atoms with Crippen molar-refractivity contribution in [1.29, 1.82) is 0 Å². The average molecular weight is 417 g/mol. The number of aromatic nitrogens is 2. The molecule has 0 spiro atoms. The highest BCUT2D eigenvalue weighted by Gasteiger charge is 2.24. The maximum atomic E-state index is 13.0. The van der Waals surface area contributed by atoms with Gasteiger partial charge in [0.05, 0.1) is 29.2 Å². The van der Waals surface area contributed by atoms with Gasteiger partial charge in [-0.25, -0.2) is 4.98 Å². The van der Waals surface area contributed by atoms with Crippen molar-refractivity contribution in [2.45, 2.75) is 39.9 Å². The first-order valence-corrected chi connectivity index (χ1v) is 10.6. The SMILES string of the molecule is Cc1ccc(NC(=O)c2ccc(N3CC(C)OC(C)C3)nc2C)cc1-c1ccccn1. The number of rotatable bonds is 4. The Kier molecular flexibility index (Phi) is 6.00. The molecule has 1 aromatic carbocycles. The van der Waals surface area contributed by atoms with Crippen molar-refractivity contribution in [3.63, 3.8) is 0 Å². The van der Waals surface area contributed by atoms with E-state index in [-0.39, 0.29) is 18.1 Å². The summed E-state index contributed by atoms with van der Waals surface area (Å²) in [4.78, 5) is 24.3. The van der Waals surface area contributed by atoms with Crippen molar-refractivity contribution >= 4 is 17.4 Å². The minimum absolute atomic E-state index is 0.156. The number of anilines is 2. The van der Waals surface area contributed by atoms with Gasteiger partial charge < -0.3 is 15.0 Å². The third-order valence-electron chi connectivity index (χ3n) is 5.50. The molecule has 1 aliphatic heterocycles. The van der Waals surface area contributed by atoms with Gasteiger partial charge in [0.2, 0.25) is 0 Å². The van der Waals surface area contributed by atoms with Crippen LogP contribution in [-0.4, -0.2) is 41.2 Å². The molecule has 0 aliphatic carbocycles. The Labute approximate surface area is 183 Å². The molecule has 3 aromatic rings. The van der Waals surface area contributed by atoms with Crippen LogP contribution in [0.2, 0.25) is 0 Å². The largest absolute Gasteiger partial charge is 0.372 e. The number of pyridine rings is 2. The molecule has 2 aromatic heterocycles. The van der Waals surface area contributed by atoms with Gasteiger partial charge in [-0.3, -0.25) is 9.78 Å². The Morgan fingerprint density at radius 2 is 1.84 bits per heavy atom. The number of nitrogens with zero attached hydrogens (tertiary/aromatic N) is 3. The summed E-state index contributed by atoms with van der Waals surface area (Å²) in [6.45, 7) is 9.64. The number of morpholine rings is 1. The third-order valence-corrected chi connectivity index (χ3v) is 5.50. The van der Waals surface area contributed by atoms with Crippen LogP contribution >= 0.6 is 0 Å². The number of hydrogen-bond donors (Lipinski definition) is 1. The van der Waals surface area contributed by atoms with Gasteiger partial charge in [-0.1, -0.05) is 12.1 Å². The van der Waals surface area contributed by atoms with E-state index in [4.69, 9.17) is 9.72 Å². The zero-order chi connectivity index (χ0) is 22.0. The second-order valence-corrected chi connectivity index (χ2v) is 8.16. The number of aryl methyl sites for hydroxylation is 2. The van der Waals surface area contributed by atoms with Crippen LogP contribution in [0.5, 0.6) is 0 Å². The molecule has 1 fully saturated rings. The number of ether oxygens (including phenoxy) is 1. The maximum absolute atomic E-state index is 13.0. The van der Waals surface area contributed by atoms with Crippen molar-refractivity contribution in [3.8, 4) is 11.3 Å². The highest BCUT2D eigenvalue weighted by molar-refractivity contribution is 6.05. The van der Waals surface area contributed by atoms with E-state index in [1.165, 1.54) is 0 Å². The predicted molar refractivity (Wildman–Crippen MR) is 124 cm³/mol. The van der Waals surface area contributed by atoms with Crippen LogP contribution in [-0.2, 0) is 4.74 Å². The van der Waals surface area contributed by atoms with Crippen molar-refractivity contribution in [3.05, 3.63) is 71.5 Å². The van der Waals surface area contributed by atoms with Crippen LogP contribution < -0.4 is 10.2 Å². The quantitative estimate of drug-likeness (QED) is 0.672.